The second kappa shape index (κ2) is 7.04. The van der Waals surface area contributed by atoms with Crippen LogP contribution in [0.25, 0.3) is 0 Å². The number of aliphatic carboxylic acids is 2. The molecule has 1 aliphatic carbocycles. The number of hydrogen-bond acceptors (Lipinski definition) is 5. The number of carbonyl (C=O) groups is 3. The van der Waals surface area contributed by atoms with Crippen LogP contribution in [0.2, 0.25) is 0 Å². The third-order valence-electron chi connectivity index (χ3n) is 3.26. The molecule has 1 rings (SSSR count). The lowest BCUT2D eigenvalue weighted by atomic mass is 9.89. The topological polar surface area (TPSA) is 130 Å². The first-order valence-electron chi connectivity index (χ1n) is 6.56. The van der Waals surface area contributed by atoms with E-state index < -0.39 is 36.2 Å². The number of ketones is 1. The molecule has 0 spiro atoms. The van der Waals surface area contributed by atoms with E-state index in [2.05, 4.69) is 5.32 Å². The molecule has 0 saturated heterocycles. The average Bonchev–Trinajstić information content (AvgIpc) is 2.37. The van der Waals surface area contributed by atoms with Gasteiger partial charge in [0.05, 0.1) is 12.5 Å². The van der Waals surface area contributed by atoms with Gasteiger partial charge < -0.3 is 21.3 Å². The van der Waals surface area contributed by atoms with Gasteiger partial charge in [-0.3, -0.25) is 14.4 Å². The van der Waals surface area contributed by atoms with Crippen LogP contribution >= 0.6 is 0 Å². The van der Waals surface area contributed by atoms with Gasteiger partial charge in [-0.2, -0.15) is 0 Å². The maximum absolute atomic E-state index is 12.2. The number of Topliss-reactive ketones (excluding diaryl/α,β-unsaturated/α-hetero) is 1. The van der Waals surface area contributed by atoms with Crippen molar-refractivity contribution in [1.29, 1.82) is 0 Å². The zero-order valence-electron chi connectivity index (χ0n) is 11.4. The van der Waals surface area contributed by atoms with E-state index in [9.17, 15) is 14.4 Å². The monoisotopic (exact) mass is 284 g/mol. The van der Waals surface area contributed by atoms with Crippen LogP contribution in [0.3, 0.4) is 0 Å². The van der Waals surface area contributed by atoms with Gasteiger partial charge in [-0.1, -0.05) is 0 Å². The summed E-state index contributed by atoms with van der Waals surface area (Å²) in [6.07, 6.45) is 2.33. The zero-order chi connectivity index (χ0) is 15.3. The molecule has 20 heavy (non-hydrogen) atoms. The Morgan fingerprint density at radius 3 is 2.40 bits per heavy atom. The van der Waals surface area contributed by atoms with E-state index in [0.29, 0.717) is 24.1 Å². The summed E-state index contributed by atoms with van der Waals surface area (Å²) >= 11 is 0. The van der Waals surface area contributed by atoms with E-state index in [1.807, 2.05) is 0 Å². The third-order valence-corrected chi connectivity index (χ3v) is 3.26. The zero-order valence-corrected chi connectivity index (χ0v) is 11.4. The summed E-state index contributed by atoms with van der Waals surface area (Å²) in [5, 5.41) is 20.4. The Balaban J connectivity index is 2.89. The van der Waals surface area contributed by atoms with E-state index in [0.717, 1.165) is 12.8 Å². The molecule has 7 nitrogen and oxygen atoms in total. The molecule has 0 amide bonds. The highest BCUT2D eigenvalue weighted by molar-refractivity contribution is 6.01. The second-order valence-corrected chi connectivity index (χ2v) is 4.94. The Kier molecular flexibility index (Phi) is 5.69. The number of carboxylic acid groups (broad SMARTS) is 2. The van der Waals surface area contributed by atoms with Gasteiger partial charge in [0.2, 0.25) is 0 Å². The van der Waals surface area contributed by atoms with Crippen molar-refractivity contribution in [2.75, 3.05) is 0 Å². The summed E-state index contributed by atoms with van der Waals surface area (Å²) in [4.78, 5) is 33.6. The van der Waals surface area contributed by atoms with Gasteiger partial charge in [-0.05, 0) is 32.6 Å². The van der Waals surface area contributed by atoms with Crippen LogP contribution in [0.4, 0.5) is 0 Å². The lowest BCUT2D eigenvalue weighted by Crippen LogP contribution is -2.39. The minimum Gasteiger partial charge on any atom is -0.481 e. The van der Waals surface area contributed by atoms with Gasteiger partial charge in [0.15, 0.2) is 5.78 Å². The van der Waals surface area contributed by atoms with Crippen molar-refractivity contribution >= 4 is 17.7 Å². The molecule has 7 heteroatoms. The number of allylic oxidation sites excluding steroid dienone is 1. The molecule has 5 N–H and O–H groups in total. The van der Waals surface area contributed by atoms with Gasteiger partial charge in [-0.25, -0.2) is 0 Å². The molecule has 0 aromatic carbocycles. The van der Waals surface area contributed by atoms with Crippen LogP contribution in [0.1, 0.15) is 39.0 Å². The Bertz CT molecular complexity index is 444. The highest BCUT2D eigenvalue weighted by atomic mass is 16.4. The van der Waals surface area contributed by atoms with Crippen LogP contribution in [0, 0.1) is 0 Å². The molecule has 0 aromatic heterocycles. The molecule has 0 fully saturated rings. The minimum atomic E-state index is -1.13. The SMILES string of the molecule is C[C@H](NC1=C(C(=O)[C@@H](N)CC(=O)O)CCCC1)C(=O)O. The van der Waals surface area contributed by atoms with Crippen molar-refractivity contribution < 1.29 is 24.6 Å². The van der Waals surface area contributed by atoms with E-state index >= 15 is 0 Å². The van der Waals surface area contributed by atoms with E-state index in [4.69, 9.17) is 15.9 Å². The number of carbonyl (C=O) groups excluding carboxylic acids is 1. The minimum absolute atomic E-state index is 0.410. The summed E-state index contributed by atoms with van der Waals surface area (Å²) in [6, 6.07) is -1.89. The van der Waals surface area contributed by atoms with Crippen molar-refractivity contribution in [1.82, 2.24) is 5.32 Å². The summed E-state index contributed by atoms with van der Waals surface area (Å²) in [5.41, 5.74) is 6.62. The predicted octanol–water partition coefficient (Wildman–Crippen LogP) is 0.248. The third kappa shape index (κ3) is 4.34. The molecule has 112 valence electrons. The fourth-order valence-electron chi connectivity index (χ4n) is 2.16. The molecular weight excluding hydrogens is 264 g/mol. The number of hydrogen-bond donors (Lipinski definition) is 4. The lowest BCUT2D eigenvalue weighted by Gasteiger charge is -2.24. The van der Waals surface area contributed by atoms with Crippen molar-refractivity contribution in [2.45, 2.75) is 51.1 Å². The maximum Gasteiger partial charge on any atom is 0.325 e. The highest BCUT2D eigenvalue weighted by Crippen LogP contribution is 2.25. The van der Waals surface area contributed by atoms with Gasteiger partial charge in [0, 0.05) is 11.3 Å². The molecule has 0 bridgehead atoms. The molecule has 0 radical (unpaired) electrons. The number of rotatable bonds is 7. The van der Waals surface area contributed by atoms with Crippen molar-refractivity contribution in [3.63, 3.8) is 0 Å². The summed E-state index contributed by atoms with van der Waals surface area (Å²) < 4.78 is 0. The van der Waals surface area contributed by atoms with Crippen LogP contribution in [0.15, 0.2) is 11.3 Å². The van der Waals surface area contributed by atoms with Crippen LogP contribution in [-0.2, 0) is 14.4 Å². The Morgan fingerprint density at radius 1 is 1.25 bits per heavy atom. The fourth-order valence-corrected chi connectivity index (χ4v) is 2.16. The lowest BCUT2D eigenvalue weighted by molar-refractivity contribution is -0.139. The molecule has 0 heterocycles. The summed E-state index contributed by atoms with van der Waals surface area (Å²) in [7, 11) is 0. The van der Waals surface area contributed by atoms with E-state index in [1.165, 1.54) is 6.92 Å². The van der Waals surface area contributed by atoms with Gasteiger partial charge in [-0.15, -0.1) is 0 Å². The molecular formula is C13H20N2O5. The van der Waals surface area contributed by atoms with Crippen molar-refractivity contribution in [2.24, 2.45) is 5.73 Å². The molecule has 0 aromatic rings. The summed E-state index contributed by atoms with van der Waals surface area (Å²) in [5.74, 6) is -2.55. The first-order valence-corrected chi connectivity index (χ1v) is 6.56. The Labute approximate surface area is 116 Å². The first kappa shape index (κ1) is 16.2. The molecule has 0 saturated carbocycles. The fraction of sp³-hybridized carbons (Fsp3) is 0.615. The van der Waals surface area contributed by atoms with Crippen LogP contribution in [0.5, 0.6) is 0 Å². The Morgan fingerprint density at radius 2 is 1.85 bits per heavy atom. The molecule has 1 aliphatic rings. The van der Waals surface area contributed by atoms with E-state index in [-0.39, 0.29) is 0 Å². The second-order valence-electron chi connectivity index (χ2n) is 4.94. The predicted molar refractivity (Wildman–Crippen MR) is 71.0 cm³/mol. The molecule has 2 atom stereocenters. The quantitative estimate of drug-likeness (QED) is 0.527. The number of nitrogens with one attached hydrogen (secondary N) is 1. The summed E-state index contributed by atoms with van der Waals surface area (Å²) in [6.45, 7) is 1.49. The maximum atomic E-state index is 12.2. The average molecular weight is 284 g/mol. The molecule has 0 unspecified atom stereocenters. The van der Waals surface area contributed by atoms with Crippen molar-refractivity contribution in [3.8, 4) is 0 Å². The van der Waals surface area contributed by atoms with Gasteiger partial charge in [0.25, 0.3) is 0 Å². The van der Waals surface area contributed by atoms with Gasteiger partial charge >= 0.3 is 11.9 Å². The highest BCUT2D eigenvalue weighted by Gasteiger charge is 2.26. The van der Waals surface area contributed by atoms with Gasteiger partial charge in [0.1, 0.15) is 6.04 Å². The standard InChI is InChI=1S/C13H20N2O5/c1-7(13(19)20)15-10-5-3-2-4-8(10)12(18)9(14)6-11(16)17/h7,9,15H,2-6,14H2,1H3,(H,16,17)(H,19,20)/t7-,9-/m0/s1. The number of carboxylic acids is 2. The Hall–Kier alpha value is -1.89. The normalized spacial score (nSPS) is 18.3. The number of nitrogens with two attached hydrogens (primary N) is 1. The smallest absolute Gasteiger partial charge is 0.325 e. The molecule has 0 aliphatic heterocycles. The van der Waals surface area contributed by atoms with Crippen LogP contribution in [-0.4, -0.2) is 40.0 Å². The van der Waals surface area contributed by atoms with E-state index in [1.54, 1.807) is 0 Å². The van der Waals surface area contributed by atoms with Crippen LogP contribution < -0.4 is 11.1 Å². The first-order chi connectivity index (χ1) is 9.32. The van der Waals surface area contributed by atoms with Crippen molar-refractivity contribution in [3.05, 3.63) is 11.3 Å². The largest absolute Gasteiger partial charge is 0.481 e.